The van der Waals surface area contributed by atoms with E-state index in [4.69, 9.17) is 0 Å². The van der Waals surface area contributed by atoms with Crippen molar-refractivity contribution in [1.82, 2.24) is 14.6 Å². The van der Waals surface area contributed by atoms with E-state index >= 15 is 0 Å². The van der Waals surface area contributed by atoms with Crippen LogP contribution in [-0.4, -0.2) is 20.4 Å². The largest absolute Gasteiger partial charge is 0.300 e. The molecule has 4 nitrogen and oxygen atoms in total. The molecule has 0 bridgehead atoms. The molecular formula is C10H11N3O. The number of nitrogens with zero attached hydrogens (tertiary/aromatic N) is 3. The standard InChI is InChI=1S/C10H11N3O/c1-7-4-3-5-10-11-9(6-8(2)14)12-13(7)10/h3-5H,6H2,1-2H3. The maximum atomic E-state index is 10.9. The van der Waals surface area contributed by atoms with Gasteiger partial charge in [-0.2, -0.15) is 5.10 Å². The molecule has 0 spiro atoms. The molecule has 0 aromatic carbocycles. The molecule has 0 unspecified atom stereocenters. The van der Waals surface area contributed by atoms with Gasteiger partial charge in [-0.15, -0.1) is 0 Å². The molecular weight excluding hydrogens is 178 g/mol. The topological polar surface area (TPSA) is 47.3 Å². The summed E-state index contributed by atoms with van der Waals surface area (Å²) in [5.41, 5.74) is 1.81. The van der Waals surface area contributed by atoms with Gasteiger partial charge in [0.15, 0.2) is 11.5 Å². The van der Waals surface area contributed by atoms with Crippen LogP contribution in [0.25, 0.3) is 5.65 Å². The molecule has 72 valence electrons. The van der Waals surface area contributed by atoms with Gasteiger partial charge in [0, 0.05) is 5.69 Å². The van der Waals surface area contributed by atoms with Gasteiger partial charge in [0.05, 0.1) is 6.42 Å². The highest BCUT2D eigenvalue weighted by molar-refractivity contribution is 5.77. The van der Waals surface area contributed by atoms with E-state index in [-0.39, 0.29) is 5.78 Å². The van der Waals surface area contributed by atoms with Crippen LogP contribution in [0.4, 0.5) is 0 Å². The fourth-order valence-corrected chi connectivity index (χ4v) is 1.38. The van der Waals surface area contributed by atoms with Gasteiger partial charge in [-0.05, 0) is 26.0 Å². The van der Waals surface area contributed by atoms with Crippen molar-refractivity contribution >= 4 is 11.4 Å². The van der Waals surface area contributed by atoms with Crippen LogP contribution in [0.5, 0.6) is 0 Å². The molecule has 0 saturated heterocycles. The molecule has 0 aliphatic carbocycles. The second-order valence-electron chi connectivity index (χ2n) is 3.34. The predicted octanol–water partition coefficient (Wildman–Crippen LogP) is 1.17. The van der Waals surface area contributed by atoms with E-state index in [2.05, 4.69) is 10.1 Å². The number of aryl methyl sites for hydroxylation is 1. The number of rotatable bonds is 2. The third kappa shape index (κ3) is 1.51. The lowest BCUT2D eigenvalue weighted by atomic mass is 10.3. The highest BCUT2D eigenvalue weighted by atomic mass is 16.1. The number of pyridine rings is 1. The number of Topliss-reactive ketones (excluding diaryl/α,β-unsaturated/α-hetero) is 1. The molecule has 0 atom stereocenters. The zero-order valence-electron chi connectivity index (χ0n) is 8.19. The van der Waals surface area contributed by atoms with Gasteiger partial charge in [-0.25, -0.2) is 9.50 Å². The Bertz CT molecular complexity index is 487. The Morgan fingerprint density at radius 2 is 2.29 bits per heavy atom. The average Bonchev–Trinajstić information content (AvgIpc) is 2.47. The molecule has 2 aromatic heterocycles. The van der Waals surface area contributed by atoms with E-state index < -0.39 is 0 Å². The van der Waals surface area contributed by atoms with Crippen molar-refractivity contribution in [3.05, 3.63) is 29.7 Å². The lowest BCUT2D eigenvalue weighted by Gasteiger charge is -1.93. The quantitative estimate of drug-likeness (QED) is 0.712. The minimum absolute atomic E-state index is 0.0820. The highest BCUT2D eigenvalue weighted by Crippen LogP contribution is 2.05. The molecule has 0 fully saturated rings. The summed E-state index contributed by atoms with van der Waals surface area (Å²) in [7, 11) is 0. The van der Waals surface area contributed by atoms with Crippen LogP contribution in [-0.2, 0) is 11.2 Å². The molecule has 4 heteroatoms. The van der Waals surface area contributed by atoms with E-state index in [1.165, 1.54) is 0 Å². The summed E-state index contributed by atoms with van der Waals surface area (Å²) < 4.78 is 1.75. The first-order chi connectivity index (χ1) is 6.66. The first kappa shape index (κ1) is 8.87. The summed E-state index contributed by atoms with van der Waals surface area (Å²) in [6, 6.07) is 5.76. The van der Waals surface area contributed by atoms with Crippen LogP contribution < -0.4 is 0 Å². The minimum Gasteiger partial charge on any atom is -0.300 e. The van der Waals surface area contributed by atoms with Crippen molar-refractivity contribution in [2.45, 2.75) is 20.3 Å². The van der Waals surface area contributed by atoms with Gasteiger partial charge >= 0.3 is 0 Å². The third-order valence-corrected chi connectivity index (χ3v) is 2.00. The number of hydrogen-bond acceptors (Lipinski definition) is 3. The van der Waals surface area contributed by atoms with E-state index in [0.717, 1.165) is 11.3 Å². The number of aromatic nitrogens is 3. The van der Waals surface area contributed by atoms with Gasteiger partial charge in [0.1, 0.15) is 5.78 Å². The monoisotopic (exact) mass is 189 g/mol. The van der Waals surface area contributed by atoms with Gasteiger partial charge in [0.2, 0.25) is 0 Å². The Morgan fingerprint density at radius 1 is 1.50 bits per heavy atom. The summed E-state index contributed by atoms with van der Waals surface area (Å²) in [6.07, 6.45) is 0.307. The number of carbonyl (C=O) groups excluding carboxylic acids is 1. The fraction of sp³-hybridized carbons (Fsp3) is 0.300. The van der Waals surface area contributed by atoms with Gasteiger partial charge < -0.3 is 0 Å². The SMILES string of the molecule is CC(=O)Cc1nc2cccc(C)n2n1. The van der Waals surface area contributed by atoms with Gasteiger partial charge in [-0.1, -0.05) is 6.07 Å². The molecule has 2 rings (SSSR count). The maximum absolute atomic E-state index is 10.9. The number of ketones is 1. The van der Waals surface area contributed by atoms with Crippen LogP contribution in [0.1, 0.15) is 18.4 Å². The van der Waals surface area contributed by atoms with Crippen molar-refractivity contribution < 1.29 is 4.79 Å². The smallest absolute Gasteiger partial charge is 0.159 e. The van der Waals surface area contributed by atoms with Crippen LogP contribution in [0.15, 0.2) is 18.2 Å². The Balaban J connectivity index is 2.51. The molecule has 0 N–H and O–H groups in total. The first-order valence-electron chi connectivity index (χ1n) is 4.47. The second kappa shape index (κ2) is 3.21. The first-order valence-corrected chi connectivity index (χ1v) is 4.47. The Labute approximate surface area is 81.6 Å². The lowest BCUT2D eigenvalue weighted by Crippen LogP contribution is -1.99. The summed E-state index contributed by atoms with van der Waals surface area (Å²) in [5, 5.41) is 4.24. The van der Waals surface area contributed by atoms with E-state index in [1.54, 1.807) is 11.4 Å². The van der Waals surface area contributed by atoms with E-state index in [0.29, 0.717) is 12.2 Å². The Morgan fingerprint density at radius 3 is 2.93 bits per heavy atom. The second-order valence-corrected chi connectivity index (χ2v) is 3.34. The van der Waals surface area contributed by atoms with Crippen molar-refractivity contribution in [3.8, 4) is 0 Å². The molecule has 14 heavy (non-hydrogen) atoms. The Kier molecular flexibility index (Phi) is 2.04. The van der Waals surface area contributed by atoms with Crippen LogP contribution >= 0.6 is 0 Å². The van der Waals surface area contributed by atoms with Crippen molar-refractivity contribution in [2.24, 2.45) is 0 Å². The lowest BCUT2D eigenvalue weighted by molar-refractivity contribution is -0.116. The third-order valence-electron chi connectivity index (χ3n) is 2.00. The maximum Gasteiger partial charge on any atom is 0.159 e. The fourth-order valence-electron chi connectivity index (χ4n) is 1.38. The van der Waals surface area contributed by atoms with Crippen molar-refractivity contribution in [1.29, 1.82) is 0 Å². The van der Waals surface area contributed by atoms with E-state index in [9.17, 15) is 4.79 Å². The van der Waals surface area contributed by atoms with Crippen LogP contribution in [0.3, 0.4) is 0 Å². The molecule has 2 heterocycles. The number of hydrogen-bond donors (Lipinski definition) is 0. The Hall–Kier alpha value is -1.71. The van der Waals surface area contributed by atoms with E-state index in [1.807, 2.05) is 25.1 Å². The normalized spacial score (nSPS) is 10.7. The summed E-state index contributed by atoms with van der Waals surface area (Å²) in [4.78, 5) is 15.1. The van der Waals surface area contributed by atoms with Gasteiger partial charge in [-0.3, -0.25) is 4.79 Å². The molecule has 0 radical (unpaired) electrons. The molecule has 0 aliphatic rings. The molecule has 0 saturated carbocycles. The predicted molar refractivity (Wildman–Crippen MR) is 52.1 cm³/mol. The molecule has 0 amide bonds. The number of fused-ring (bicyclic) bond motifs is 1. The van der Waals surface area contributed by atoms with Gasteiger partial charge in [0.25, 0.3) is 0 Å². The average molecular weight is 189 g/mol. The molecule has 0 aliphatic heterocycles. The molecule has 2 aromatic rings. The van der Waals surface area contributed by atoms with Crippen LogP contribution in [0.2, 0.25) is 0 Å². The minimum atomic E-state index is 0.0820. The summed E-state index contributed by atoms with van der Waals surface area (Å²) >= 11 is 0. The van der Waals surface area contributed by atoms with Crippen molar-refractivity contribution in [2.75, 3.05) is 0 Å². The van der Waals surface area contributed by atoms with Crippen molar-refractivity contribution in [3.63, 3.8) is 0 Å². The zero-order valence-corrected chi connectivity index (χ0v) is 8.19. The zero-order chi connectivity index (χ0) is 10.1. The summed E-state index contributed by atoms with van der Waals surface area (Å²) in [5.74, 6) is 0.672. The summed E-state index contributed by atoms with van der Waals surface area (Å²) in [6.45, 7) is 3.50. The number of carbonyl (C=O) groups is 1. The highest BCUT2D eigenvalue weighted by Gasteiger charge is 2.06. The van der Waals surface area contributed by atoms with Crippen LogP contribution in [0, 0.1) is 6.92 Å².